The Bertz CT molecular complexity index is 540. The molecule has 0 saturated carbocycles. The van der Waals surface area contributed by atoms with Crippen LogP contribution in [0.5, 0.6) is 0 Å². The summed E-state index contributed by atoms with van der Waals surface area (Å²) in [6.45, 7) is 4.52. The van der Waals surface area contributed by atoms with Crippen molar-refractivity contribution in [1.29, 1.82) is 0 Å². The van der Waals surface area contributed by atoms with Crippen LogP contribution in [0.15, 0.2) is 12.2 Å². The fourth-order valence-corrected chi connectivity index (χ4v) is 4.98. The van der Waals surface area contributed by atoms with Gasteiger partial charge in [0.2, 0.25) is 0 Å². The highest BCUT2D eigenvalue weighted by Gasteiger charge is 1.95. The second-order valence-electron chi connectivity index (χ2n) is 11.8. The summed E-state index contributed by atoms with van der Waals surface area (Å²) in [5.41, 5.74) is 0. The maximum Gasteiger partial charge on any atom is 0.0414 e. The van der Waals surface area contributed by atoms with Gasteiger partial charge in [0, 0.05) is 11.9 Å². The zero-order chi connectivity index (χ0) is 29.8. The summed E-state index contributed by atoms with van der Waals surface area (Å²) >= 11 is 0. The number of unbranched alkanes of at least 4 members (excludes halogenated alkanes) is 25. The second kappa shape index (κ2) is 44.0. The van der Waals surface area contributed by atoms with Gasteiger partial charge in [-0.25, -0.2) is 0 Å². The Labute approximate surface area is 262 Å². The molecule has 0 bridgehead atoms. The van der Waals surface area contributed by atoms with Gasteiger partial charge < -0.3 is 32.1 Å². The Kier molecular flexibility index (Phi) is 49.8. The lowest BCUT2D eigenvalue weighted by Gasteiger charge is -2.04. The molecular weight excluding hydrogens is 524 g/mol. The van der Waals surface area contributed by atoms with Crippen LogP contribution in [0.2, 0.25) is 0 Å². The maximum atomic E-state index is 10.2. The molecule has 6 heteroatoms. The molecule has 0 rings (SSSR count). The molecule has 42 heavy (non-hydrogen) atoms. The van der Waals surface area contributed by atoms with E-state index in [2.05, 4.69) is 26.0 Å². The van der Waals surface area contributed by atoms with Crippen LogP contribution in [0.25, 0.3) is 0 Å². The highest BCUT2D eigenvalue weighted by Crippen LogP contribution is 2.14. The van der Waals surface area contributed by atoms with Gasteiger partial charge >= 0.3 is 0 Å². The molecule has 0 unspecified atom stereocenters. The number of carboxylic acids is 2. The van der Waals surface area contributed by atoms with Gasteiger partial charge in [-0.3, -0.25) is 0 Å². The van der Waals surface area contributed by atoms with Crippen molar-refractivity contribution >= 4 is 11.9 Å². The lowest BCUT2D eigenvalue weighted by molar-refractivity contribution is -0.307. The van der Waals surface area contributed by atoms with Crippen LogP contribution in [0.3, 0.4) is 0 Å². The van der Waals surface area contributed by atoms with Crippen LogP contribution in [0, 0.1) is 0 Å². The van der Waals surface area contributed by atoms with Gasteiger partial charge in [-0.05, 0) is 51.4 Å². The van der Waals surface area contributed by atoms with Crippen LogP contribution in [-0.4, -0.2) is 11.9 Å². The lowest BCUT2D eigenvalue weighted by atomic mass is 10.0. The molecule has 0 amide bonds. The number of quaternary nitrogens is 2. The smallest absolute Gasteiger partial charge is 0.0414 e. The molecule has 0 saturated heterocycles. The van der Waals surface area contributed by atoms with Crippen molar-refractivity contribution in [2.45, 2.75) is 206 Å². The van der Waals surface area contributed by atoms with E-state index in [1.165, 1.54) is 148 Å². The average Bonchev–Trinajstić information content (AvgIpc) is 2.93. The van der Waals surface area contributed by atoms with Crippen molar-refractivity contribution < 1.29 is 19.8 Å². The summed E-state index contributed by atoms with van der Waals surface area (Å²) in [6.07, 6.45) is 40.8. The molecule has 0 atom stereocenters. The van der Waals surface area contributed by atoms with Gasteiger partial charge in [0.05, 0.1) is 0 Å². The van der Waals surface area contributed by atoms with Gasteiger partial charge in [0.1, 0.15) is 0 Å². The van der Waals surface area contributed by atoms with Crippen molar-refractivity contribution in [2.24, 2.45) is 0 Å². The molecule has 0 aromatic rings. The van der Waals surface area contributed by atoms with Gasteiger partial charge in [-0.1, -0.05) is 167 Å². The number of hydrogen-bond donors (Lipinski definition) is 2. The number of aliphatic carboxylic acids is 2. The first-order valence-corrected chi connectivity index (χ1v) is 17.6. The molecule has 0 aromatic carbocycles. The van der Waals surface area contributed by atoms with E-state index in [0.29, 0.717) is 0 Å². The molecule has 254 valence electrons. The van der Waals surface area contributed by atoms with Crippen molar-refractivity contribution in [2.75, 3.05) is 0 Å². The monoisotopic (exact) mass is 601 g/mol. The molecule has 6 nitrogen and oxygen atoms in total. The molecule has 0 aliphatic carbocycles. The van der Waals surface area contributed by atoms with Crippen LogP contribution >= 0.6 is 0 Å². The first kappa shape index (κ1) is 47.5. The third-order valence-electron chi connectivity index (χ3n) is 7.63. The summed E-state index contributed by atoms with van der Waals surface area (Å²) in [7, 11) is 0. The lowest BCUT2D eigenvalue weighted by Crippen LogP contribution is -2.21. The third kappa shape index (κ3) is 51.3. The van der Waals surface area contributed by atoms with E-state index in [4.69, 9.17) is 0 Å². The van der Waals surface area contributed by atoms with Gasteiger partial charge in [0.25, 0.3) is 0 Å². The van der Waals surface area contributed by atoms with Crippen LogP contribution in [0.1, 0.15) is 206 Å². The summed E-state index contributed by atoms with van der Waals surface area (Å²) in [4.78, 5) is 20.4. The quantitative estimate of drug-likeness (QED) is 0.0599. The van der Waals surface area contributed by atoms with Gasteiger partial charge in [0.15, 0.2) is 0 Å². The molecular formula is C36H76N2O4. The largest absolute Gasteiger partial charge is 0.550 e. The molecule has 0 radical (unpaired) electrons. The minimum Gasteiger partial charge on any atom is -0.550 e. The van der Waals surface area contributed by atoms with Crippen molar-refractivity contribution in [3.05, 3.63) is 12.2 Å². The topological polar surface area (TPSA) is 153 Å². The highest BCUT2D eigenvalue weighted by molar-refractivity contribution is 5.64. The normalized spacial score (nSPS) is 10.5. The van der Waals surface area contributed by atoms with Crippen molar-refractivity contribution in [3.63, 3.8) is 0 Å². The molecule has 0 aliphatic rings. The number of allylic oxidation sites excluding steroid dienone is 2. The van der Waals surface area contributed by atoms with E-state index in [1.54, 1.807) is 0 Å². The van der Waals surface area contributed by atoms with Crippen LogP contribution in [-0.2, 0) is 9.59 Å². The number of carbonyl (C=O) groups is 2. The molecule has 0 heterocycles. The zero-order valence-electron chi connectivity index (χ0n) is 29.0. The Hall–Kier alpha value is -1.40. The highest BCUT2D eigenvalue weighted by atomic mass is 16.4. The fourth-order valence-electron chi connectivity index (χ4n) is 4.98. The molecule has 0 aliphatic heterocycles. The average molecular weight is 601 g/mol. The summed E-state index contributed by atoms with van der Waals surface area (Å²) in [5, 5.41) is 20.4. The SMILES string of the molecule is CCCCCCCC/C=C\CCCCCCCC(=O)[O-].CCCCCCCCCCCCCCCCCC(=O)[O-].[NH4+].[NH4+]. The number of carbonyl (C=O) groups excluding carboxylic acids is 2. The minimum atomic E-state index is -0.914. The summed E-state index contributed by atoms with van der Waals surface area (Å²) in [5.74, 6) is -1.82. The van der Waals surface area contributed by atoms with Crippen LogP contribution in [0.4, 0.5) is 0 Å². The Morgan fingerprint density at radius 1 is 0.381 bits per heavy atom. The van der Waals surface area contributed by atoms with Crippen molar-refractivity contribution in [1.82, 2.24) is 12.3 Å². The predicted octanol–water partition coefficient (Wildman–Crippen LogP) is 10.5. The molecule has 0 fully saturated rings. The number of hydrogen-bond acceptors (Lipinski definition) is 4. The van der Waals surface area contributed by atoms with Gasteiger partial charge in [-0.2, -0.15) is 0 Å². The summed E-state index contributed by atoms with van der Waals surface area (Å²) in [6, 6.07) is 0. The van der Waals surface area contributed by atoms with Crippen LogP contribution < -0.4 is 22.5 Å². The number of carboxylic acid groups (broad SMARTS) is 2. The second-order valence-corrected chi connectivity index (χ2v) is 11.8. The van der Waals surface area contributed by atoms with Crippen molar-refractivity contribution in [3.8, 4) is 0 Å². The predicted molar refractivity (Wildman–Crippen MR) is 181 cm³/mol. The minimum absolute atomic E-state index is 0. The van der Waals surface area contributed by atoms with E-state index in [1.807, 2.05) is 0 Å². The Morgan fingerprint density at radius 2 is 0.595 bits per heavy atom. The Morgan fingerprint density at radius 3 is 0.833 bits per heavy atom. The third-order valence-corrected chi connectivity index (χ3v) is 7.63. The Balaban J connectivity index is -0.000000328. The van der Waals surface area contributed by atoms with E-state index < -0.39 is 11.9 Å². The first-order chi connectivity index (χ1) is 19.5. The molecule has 0 aromatic heterocycles. The molecule has 8 N–H and O–H groups in total. The molecule has 0 spiro atoms. The maximum absolute atomic E-state index is 10.2. The van der Waals surface area contributed by atoms with E-state index >= 15 is 0 Å². The number of rotatable bonds is 31. The first-order valence-electron chi connectivity index (χ1n) is 17.6. The summed E-state index contributed by atoms with van der Waals surface area (Å²) < 4.78 is 0. The fraction of sp³-hybridized carbons (Fsp3) is 0.889. The zero-order valence-corrected chi connectivity index (χ0v) is 29.0. The van der Waals surface area contributed by atoms with E-state index in [0.717, 1.165) is 32.1 Å². The van der Waals surface area contributed by atoms with E-state index in [-0.39, 0.29) is 25.1 Å². The van der Waals surface area contributed by atoms with E-state index in [9.17, 15) is 19.8 Å². The van der Waals surface area contributed by atoms with Gasteiger partial charge in [-0.15, -0.1) is 0 Å². The standard InChI is InChI=1S/C18H36O2.C18H34O2.2H3N/c2*1-2-3-4-5-6-7-8-9-10-11-12-13-14-15-16-17-18(19)20;;/h2-17H2,1H3,(H,19,20);9-10H,2-8,11-17H2,1H3,(H,19,20);2*1H3/b;10-9-;;.